The number of rotatable bonds is 24. The predicted octanol–water partition coefficient (Wildman–Crippen LogP) is 18.8. The van der Waals surface area contributed by atoms with Crippen LogP contribution in [0.1, 0.15) is 70.1 Å². The summed E-state index contributed by atoms with van der Waals surface area (Å²) >= 11 is 5.80. The Labute approximate surface area is 652 Å². The van der Waals surface area contributed by atoms with Crippen molar-refractivity contribution >= 4 is 98.0 Å². The first-order valence-electron chi connectivity index (χ1n) is 33.8. The first kappa shape index (κ1) is 83.0. The normalized spacial score (nSPS) is 11.3. The van der Waals surface area contributed by atoms with Crippen molar-refractivity contribution in [2.45, 2.75) is 79.0 Å². The predicted molar refractivity (Wildman–Crippen MR) is 416 cm³/mol. The molecule has 8 heterocycles. The maximum atomic E-state index is 13.1. The number of halogens is 9. The van der Waals surface area contributed by atoms with E-state index in [2.05, 4.69) is 87.7 Å². The third-order valence-electron chi connectivity index (χ3n) is 15.7. The number of thiazole rings is 4. The van der Waals surface area contributed by atoms with Gasteiger partial charge in [-0.25, -0.2) is 59.8 Å². The highest BCUT2D eigenvalue weighted by Crippen LogP contribution is 2.39. The van der Waals surface area contributed by atoms with Gasteiger partial charge in [-0.15, -0.1) is 45.3 Å². The fourth-order valence-electron chi connectivity index (χ4n) is 10.3. The van der Waals surface area contributed by atoms with Crippen LogP contribution in [0.3, 0.4) is 0 Å². The maximum absolute atomic E-state index is 13.1. The number of nitrogens with one attached hydrogen (secondary N) is 4. The van der Waals surface area contributed by atoms with E-state index in [4.69, 9.17) is 24.4 Å². The largest absolute Gasteiger partial charge is 0.497 e. The van der Waals surface area contributed by atoms with Gasteiger partial charge in [0.2, 0.25) is 23.8 Å². The molecule has 7 N–H and O–H groups in total. The lowest BCUT2D eigenvalue weighted by Crippen LogP contribution is -2.07. The smallest absolute Gasteiger partial charge is 0.416 e. The second kappa shape index (κ2) is 38.0. The molecule has 112 heavy (non-hydrogen) atoms. The van der Waals surface area contributed by atoms with Crippen LogP contribution >= 0.6 is 45.3 Å². The van der Waals surface area contributed by atoms with Gasteiger partial charge in [0, 0.05) is 124 Å². The van der Waals surface area contributed by atoms with Crippen molar-refractivity contribution in [3.05, 3.63) is 235 Å². The van der Waals surface area contributed by atoms with Gasteiger partial charge in [-0.05, 0) is 125 Å². The molecule has 0 bridgehead atoms. The lowest BCUT2D eigenvalue weighted by Gasteiger charge is -2.12. The summed E-state index contributed by atoms with van der Waals surface area (Å²) in [5.74, 6) is 1.88. The molecule has 5 aromatic carbocycles. The average molecular weight is 1620 g/mol. The molecule has 13 aromatic rings. The number of aryl methyl sites for hydroxylation is 5. The molecule has 35 heteroatoms. The number of hydrogen-bond donors (Lipinski definition) is 7. The van der Waals surface area contributed by atoms with Crippen LogP contribution in [0.5, 0.6) is 17.2 Å². The lowest BCUT2D eigenvalue weighted by atomic mass is 10.1. The maximum Gasteiger partial charge on any atom is 0.416 e. The van der Waals surface area contributed by atoms with Gasteiger partial charge in [0.1, 0.15) is 66.7 Å². The van der Waals surface area contributed by atoms with Gasteiger partial charge in [-0.2, -0.15) is 39.5 Å². The number of aliphatic hydroxyl groups is 3. The molecule has 0 atom stereocenters. The SMILES string of the molecule is C=Cc1sc(-c2ccnc(Nc3cc(OC)cc(C(F)(F)F)c3)n2)nc1C.COc1cc(Nc2nccc(-c3nc(C)c(CCO)s3)n2)cc(C(F)(F)F)c1.Cc1cc(Nc2nccc(-c3nc(C)c(CCO)s3)n2)cc(C(F)(F)F)c1.Cc1nc(-c2ccnc(Nc3cccc(OCc4ccccc4)c3)n2)sc1CCO. The van der Waals surface area contributed by atoms with Crippen molar-refractivity contribution in [1.82, 2.24) is 59.8 Å². The molecule has 0 radical (unpaired) electrons. The zero-order valence-electron chi connectivity index (χ0n) is 60.7. The molecule has 0 aliphatic rings. The van der Waals surface area contributed by atoms with E-state index in [9.17, 15) is 44.6 Å². The molecule has 0 amide bonds. The molecule has 8 aromatic heterocycles. The number of aromatic nitrogens is 12. The van der Waals surface area contributed by atoms with Gasteiger partial charge in [-0.1, -0.05) is 49.1 Å². The molecule has 0 saturated carbocycles. The Morgan fingerprint density at radius 3 is 1.12 bits per heavy atom. The minimum atomic E-state index is -4.50. The summed E-state index contributed by atoms with van der Waals surface area (Å²) in [4.78, 5) is 56.0. The number of anilines is 8. The lowest BCUT2D eigenvalue weighted by molar-refractivity contribution is -0.138. The summed E-state index contributed by atoms with van der Waals surface area (Å²) in [5.41, 5.74) is 6.43. The van der Waals surface area contributed by atoms with Crippen LogP contribution in [-0.4, -0.2) is 109 Å². The molecule has 582 valence electrons. The first-order chi connectivity index (χ1) is 53.6. The van der Waals surface area contributed by atoms with Crippen LogP contribution in [0.2, 0.25) is 0 Å². The molecule has 13 rings (SSSR count). The second-order valence-electron chi connectivity index (χ2n) is 24.0. The van der Waals surface area contributed by atoms with E-state index in [1.54, 1.807) is 54.8 Å². The quantitative estimate of drug-likeness (QED) is 0.0277. The van der Waals surface area contributed by atoms with Crippen molar-refractivity contribution in [3.63, 3.8) is 0 Å². The molecule has 0 saturated heterocycles. The van der Waals surface area contributed by atoms with Gasteiger partial charge >= 0.3 is 18.5 Å². The third kappa shape index (κ3) is 23.3. The van der Waals surface area contributed by atoms with Crippen LogP contribution in [0.15, 0.2) is 165 Å². The Morgan fingerprint density at radius 2 is 0.750 bits per heavy atom. The molecule has 0 aliphatic carbocycles. The minimum Gasteiger partial charge on any atom is -0.497 e. The van der Waals surface area contributed by atoms with Crippen LogP contribution in [-0.2, 0) is 44.4 Å². The van der Waals surface area contributed by atoms with Crippen molar-refractivity contribution < 1.29 is 69.0 Å². The highest BCUT2D eigenvalue weighted by Gasteiger charge is 2.34. The number of ether oxygens (including phenoxy) is 3. The summed E-state index contributed by atoms with van der Waals surface area (Å²) in [6.07, 6.45) is -3.84. The third-order valence-corrected chi connectivity index (χ3v) is 20.6. The van der Waals surface area contributed by atoms with Gasteiger partial charge in [0.05, 0.1) is 53.7 Å². The Kier molecular flexibility index (Phi) is 28.1. The van der Waals surface area contributed by atoms with Crippen LogP contribution in [0.4, 0.5) is 86.1 Å². The molecule has 22 nitrogen and oxygen atoms in total. The highest BCUT2D eigenvalue weighted by molar-refractivity contribution is 7.16. The summed E-state index contributed by atoms with van der Waals surface area (Å²) in [6, 6.07) is 35.0. The number of benzene rings is 5. The van der Waals surface area contributed by atoms with Crippen LogP contribution < -0.4 is 35.5 Å². The van der Waals surface area contributed by atoms with Gasteiger partial charge in [-0.3, -0.25) is 0 Å². The molecule has 0 spiro atoms. The average Bonchev–Trinajstić information content (AvgIpc) is 1.32. The van der Waals surface area contributed by atoms with Crippen molar-refractivity contribution in [2.75, 3.05) is 55.3 Å². The van der Waals surface area contributed by atoms with E-state index < -0.39 is 35.2 Å². The Bertz CT molecular complexity index is 5340. The molecule has 0 unspecified atom stereocenters. The number of nitrogens with zero attached hydrogens (tertiary/aromatic N) is 12. The summed E-state index contributed by atoms with van der Waals surface area (Å²) < 4.78 is 133. The fraction of sp³-hybridized carbons (Fsp3) is 0.221. The van der Waals surface area contributed by atoms with Crippen LogP contribution in [0.25, 0.3) is 48.9 Å². The van der Waals surface area contributed by atoms with Gasteiger partial charge < -0.3 is 50.8 Å². The summed E-state index contributed by atoms with van der Waals surface area (Å²) in [7, 11) is 2.60. The van der Waals surface area contributed by atoms with Crippen LogP contribution in [0, 0.1) is 34.6 Å². The summed E-state index contributed by atoms with van der Waals surface area (Å²) in [6.45, 7) is 13.5. The Hall–Kier alpha value is -11.5. The zero-order valence-corrected chi connectivity index (χ0v) is 64.0. The van der Waals surface area contributed by atoms with Gasteiger partial charge in [0.25, 0.3) is 0 Å². The Morgan fingerprint density at radius 1 is 0.393 bits per heavy atom. The molecular weight excluding hydrogens is 1540 g/mol. The van der Waals surface area contributed by atoms with E-state index in [1.165, 1.54) is 79.0 Å². The van der Waals surface area contributed by atoms with E-state index in [-0.39, 0.29) is 66.2 Å². The standard InChI is InChI=1S/C23H22N4O2S.C18H17F3N4O2S.C18H17F3N4OS.C18H15F3N4OS/c1-16-21(11-13-28)30-22(25-16)20-10-12-24-23(27-20)26-18-8-5-9-19(14-18)29-15-17-6-3-2-4-7-17;1-10-15(4-6-26)28-16(23-10)14-3-5-22-17(25-14)24-12-7-11(18(19,20)21)8-13(9-12)27-2;1-10-7-12(18(19,20)21)9-13(8-10)24-17-22-5-3-14(25-17)16-23-11(2)15(27-16)4-6-26;1-4-15-10(2)23-16(27-15)14-5-6-22-17(25-14)24-12-7-11(18(19,20)21)8-13(9-12)26-3/h2-10,12,14,28H,11,13,15H2,1H3,(H,24,26,27);3,5,7-9,26H,4,6H2,1-2H3,(H,22,24,25);3,5,7-9,26H,4,6H2,1-2H3,(H,22,24,25);4-9H,1H2,2-3H3,(H,22,24,25). The number of hydrogen-bond acceptors (Lipinski definition) is 26. The fourth-order valence-corrected chi connectivity index (χ4v) is 14.3. The summed E-state index contributed by atoms with van der Waals surface area (Å²) in [5, 5.41) is 41.8. The van der Waals surface area contributed by atoms with Crippen molar-refractivity contribution in [1.29, 1.82) is 0 Å². The van der Waals surface area contributed by atoms with E-state index >= 15 is 0 Å². The minimum absolute atomic E-state index is 0.0242. The Balaban J connectivity index is 0.000000159. The highest BCUT2D eigenvalue weighted by atomic mass is 32.1. The number of alkyl halides is 9. The van der Waals surface area contributed by atoms with Gasteiger partial charge in [0.15, 0.2) is 0 Å². The second-order valence-corrected chi connectivity index (χ2v) is 28.3. The van der Waals surface area contributed by atoms with Crippen molar-refractivity contribution in [2.24, 2.45) is 0 Å². The number of methoxy groups -OCH3 is 2. The monoisotopic (exact) mass is 1610 g/mol. The van der Waals surface area contributed by atoms with E-state index in [0.717, 1.165) is 106 Å². The van der Waals surface area contributed by atoms with Crippen molar-refractivity contribution in [3.8, 4) is 60.1 Å². The first-order valence-corrected chi connectivity index (χ1v) is 37.0. The topological polar surface area (TPSA) is 291 Å². The molecular formula is C77H71F9N16O6S4. The molecule has 0 aliphatic heterocycles. The zero-order chi connectivity index (χ0) is 80.3. The molecule has 0 fully saturated rings. The van der Waals surface area contributed by atoms with E-state index in [1.807, 2.05) is 88.4 Å². The van der Waals surface area contributed by atoms with E-state index in [0.29, 0.717) is 69.5 Å². The number of aliphatic hydroxyl groups excluding tert-OH is 3.